The minimum atomic E-state index is -0.880. The summed E-state index contributed by atoms with van der Waals surface area (Å²) in [6, 6.07) is 2.05. The molecule has 114 valence electrons. The fourth-order valence-electron chi connectivity index (χ4n) is 1.62. The fraction of sp³-hybridized carbons (Fsp3) is 0.385. The maximum absolute atomic E-state index is 11.7. The third kappa shape index (κ3) is 3.68. The summed E-state index contributed by atoms with van der Waals surface area (Å²) in [4.78, 5) is 33.8. The number of hydrogen-bond acceptors (Lipinski definition) is 7. The van der Waals surface area contributed by atoms with Gasteiger partial charge >= 0.3 is 17.6 Å². The van der Waals surface area contributed by atoms with E-state index in [1.54, 1.807) is 13.8 Å². The summed E-state index contributed by atoms with van der Waals surface area (Å²) in [6.45, 7) is 3.35. The van der Waals surface area contributed by atoms with E-state index < -0.39 is 22.5 Å². The van der Waals surface area contributed by atoms with Crippen LogP contribution in [-0.2, 0) is 9.47 Å². The van der Waals surface area contributed by atoms with Gasteiger partial charge in [0.25, 0.3) is 0 Å². The molecule has 0 unspecified atom stereocenters. The predicted octanol–water partition coefficient (Wildman–Crippen LogP) is 1.96. The van der Waals surface area contributed by atoms with Gasteiger partial charge in [-0.2, -0.15) is 0 Å². The van der Waals surface area contributed by atoms with Crippen molar-refractivity contribution < 1.29 is 28.7 Å². The summed E-state index contributed by atoms with van der Waals surface area (Å²) >= 11 is 0. The highest BCUT2D eigenvalue weighted by atomic mass is 16.6. The number of ether oxygens (including phenoxy) is 3. The van der Waals surface area contributed by atoms with Crippen LogP contribution < -0.4 is 4.74 Å². The molecule has 1 rings (SSSR count). The molecular weight excluding hydrogens is 282 g/mol. The van der Waals surface area contributed by atoms with Gasteiger partial charge in [0.1, 0.15) is 0 Å². The van der Waals surface area contributed by atoms with Crippen molar-refractivity contribution in [2.75, 3.05) is 14.2 Å². The van der Waals surface area contributed by atoms with Crippen LogP contribution in [0.25, 0.3) is 0 Å². The number of esters is 2. The van der Waals surface area contributed by atoms with Gasteiger partial charge in [0.05, 0.1) is 36.4 Å². The van der Waals surface area contributed by atoms with Crippen molar-refractivity contribution in [3.05, 3.63) is 33.4 Å². The zero-order valence-electron chi connectivity index (χ0n) is 12.0. The number of methoxy groups -OCH3 is 2. The lowest BCUT2D eigenvalue weighted by molar-refractivity contribution is -0.386. The van der Waals surface area contributed by atoms with Crippen LogP contribution in [0.15, 0.2) is 12.1 Å². The van der Waals surface area contributed by atoms with Crippen molar-refractivity contribution in [3.63, 3.8) is 0 Å². The molecule has 1 aromatic carbocycles. The van der Waals surface area contributed by atoms with Crippen molar-refractivity contribution in [1.82, 2.24) is 0 Å². The fourth-order valence-corrected chi connectivity index (χ4v) is 1.62. The van der Waals surface area contributed by atoms with Gasteiger partial charge in [-0.05, 0) is 13.8 Å². The summed E-state index contributed by atoms with van der Waals surface area (Å²) < 4.78 is 14.4. The van der Waals surface area contributed by atoms with Crippen LogP contribution in [0.4, 0.5) is 5.69 Å². The Kier molecular flexibility index (Phi) is 5.23. The van der Waals surface area contributed by atoms with E-state index in [4.69, 9.17) is 4.74 Å². The van der Waals surface area contributed by atoms with E-state index in [0.29, 0.717) is 0 Å². The first-order valence-corrected chi connectivity index (χ1v) is 5.97. The molecule has 0 aliphatic heterocycles. The van der Waals surface area contributed by atoms with E-state index in [2.05, 4.69) is 9.47 Å². The zero-order chi connectivity index (χ0) is 16.2. The quantitative estimate of drug-likeness (QED) is 0.464. The second-order valence-electron chi connectivity index (χ2n) is 4.27. The Bertz CT molecular complexity index is 580. The number of nitrogens with zero attached hydrogens (tertiary/aromatic N) is 1. The van der Waals surface area contributed by atoms with Crippen LogP contribution in [0.2, 0.25) is 0 Å². The van der Waals surface area contributed by atoms with Gasteiger partial charge in [-0.3, -0.25) is 10.1 Å². The third-order valence-corrected chi connectivity index (χ3v) is 2.47. The Morgan fingerprint density at radius 3 is 1.95 bits per heavy atom. The molecule has 0 saturated heterocycles. The lowest BCUT2D eigenvalue weighted by Gasteiger charge is -2.13. The van der Waals surface area contributed by atoms with Gasteiger partial charge in [-0.25, -0.2) is 9.59 Å². The zero-order valence-corrected chi connectivity index (χ0v) is 12.0. The van der Waals surface area contributed by atoms with Gasteiger partial charge < -0.3 is 14.2 Å². The van der Waals surface area contributed by atoms with E-state index in [0.717, 1.165) is 26.4 Å². The molecule has 21 heavy (non-hydrogen) atoms. The number of carbonyl (C=O) groups excluding carboxylic acids is 2. The van der Waals surface area contributed by atoms with E-state index in [-0.39, 0.29) is 23.0 Å². The number of nitro benzene ring substituents is 1. The van der Waals surface area contributed by atoms with E-state index in [9.17, 15) is 19.7 Å². The third-order valence-electron chi connectivity index (χ3n) is 2.47. The molecular formula is C13H15NO7. The number of rotatable bonds is 5. The Labute approximate surface area is 120 Å². The highest BCUT2D eigenvalue weighted by molar-refractivity contribution is 6.04. The van der Waals surface area contributed by atoms with E-state index >= 15 is 0 Å². The number of hydrogen-bond donors (Lipinski definition) is 0. The van der Waals surface area contributed by atoms with Crippen LogP contribution in [0.5, 0.6) is 5.75 Å². The van der Waals surface area contributed by atoms with Crippen molar-refractivity contribution in [2.45, 2.75) is 20.0 Å². The molecule has 0 N–H and O–H groups in total. The van der Waals surface area contributed by atoms with Crippen LogP contribution >= 0.6 is 0 Å². The van der Waals surface area contributed by atoms with Crippen LogP contribution in [0.3, 0.4) is 0 Å². The van der Waals surface area contributed by atoms with Crippen molar-refractivity contribution in [2.24, 2.45) is 0 Å². The molecule has 8 heteroatoms. The molecule has 0 aliphatic rings. The minimum absolute atomic E-state index is 0.122. The molecule has 0 aliphatic carbocycles. The molecule has 0 spiro atoms. The largest absolute Gasteiger partial charge is 0.484 e. The first kappa shape index (κ1) is 16.4. The average molecular weight is 297 g/mol. The maximum Gasteiger partial charge on any atom is 0.338 e. The molecule has 0 saturated carbocycles. The molecule has 0 heterocycles. The topological polar surface area (TPSA) is 105 Å². The smallest absolute Gasteiger partial charge is 0.338 e. The SMILES string of the molecule is COC(=O)c1cc(OC(C)C)c([N+](=O)[O-])cc1C(=O)OC. The Balaban J connectivity index is 3.56. The number of carbonyl (C=O) groups is 2. The summed E-state index contributed by atoms with van der Waals surface area (Å²) in [5.41, 5.74) is -0.852. The highest BCUT2D eigenvalue weighted by Crippen LogP contribution is 2.32. The molecule has 0 amide bonds. The summed E-state index contributed by atoms with van der Waals surface area (Å²) in [7, 11) is 2.24. The van der Waals surface area contributed by atoms with E-state index in [1.807, 2.05) is 0 Å². The van der Waals surface area contributed by atoms with Gasteiger partial charge in [-0.1, -0.05) is 0 Å². The van der Waals surface area contributed by atoms with Crippen molar-refractivity contribution in [1.29, 1.82) is 0 Å². The molecule has 0 fully saturated rings. The minimum Gasteiger partial charge on any atom is -0.484 e. The highest BCUT2D eigenvalue weighted by Gasteiger charge is 2.27. The summed E-state index contributed by atoms with van der Waals surface area (Å²) in [5.74, 6) is -1.82. The molecule has 0 atom stereocenters. The summed E-state index contributed by atoms with van der Waals surface area (Å²) in [5, 5.41) is 11.1. The van der Waals surface area contributed by atoms with Crippen molar-refractivity contribution in [3.8, 4) is 5.75 Å². The standard InChI is InChI=1S/C13H15NO7/c1-7(2)21-11-6-9(13(16)20-4)8(12(15)19-3)5-10(11)14(17)18/h5-7H,1-4H3. The first-order valence-electron chi connectivity index (χ1n) is 5.97. The maximum atomic E-state index is 11.7. The molecule has 1 aromatic rings. The van der Waals surface area contributed by atoms with Crippen LogP contribution in [0, 0.1) is 10.1 Å². The molecule has 0 bridgehead atoms. The molecule has 0 radical (unpaired) electrons. The van der Waals surface area contributed by atoms with Crippen LogP contribution in [0.1, 0.15) is 34.6 Å². The second-order valence-corrected chi connectivity index (χ2v) is 4.27. The summed E-state index contributed by atoms with van der Waals surface area (Å²) in [6.07, 6.45) is -0.349. The lowest BCUT2D eigenvalue weighted by atomic mass is 10.1. The molecule has 8 nitrogen and oxygen atoms in total. The van der Waals surface area contributed by atoms with E-state index in [1.165, 1.54) is 0 Å². The van der Waals surface area contributed by atoms with Crippen molar-refractivity contribution >= 4 is 17.6 Å². The van der Waals surface area contributed by atoms with Gasteiger partial charge in [0.2, 0.25) is 0 Å². The Morgan fingerprint density at radius 1 is 1.10 bits per heavy atom. The van der Waals surface area contributed by atoms with Gasteiger partial charge in [0, 0.05) is 12.1 Å². The molecule has 0 aromatic heterocycles. The number of nitro groups is 1. The normalized spacial score (nSPS) is 10.1. The second kappa shape index (κ2) is 6.69. The van der Waals surface area contributed by atoms with Crippen LogP contribution in [-0.4, -0.2) is 37.2 Å². The lowest BCUT2D eigenvalue weighted by Crippen LogP contribution is -2.15. The Hall–Kier alpha value is -2.64. The van der Waals surface area contributed by atoms with Gasteiger partial charge in [-0.15, -0.1) is 0 Å². The monoisotopic (exact) mass is 297 g/mol. The van der Waals surface area contributed by atoms with Gasteiger partial charge in [0.15, 0.2) is 5.75 Å². The number of benzene rings is 1. The first-order chi connectivity index (χ1) is 9.81. The Morgan fingerprint density at radius 2 is 1.57 bits per heavy atom. The average Bonchev–Trinajstić information content (AvgIpc) is 2.44. The predicted molar refractivity (Wildman–Crippen MR) is 71.5 cm³/mol.